The van der Waals surface area contributed by atoms with Gasteiger partial charge in [-0.05, 0) is 36.2 Å². The van der Waals surface area contributed by atoms with E-state index in [1.165, 1.54) is 11.6 Å². The fraction of sp³-hybridized carbons (Fsp3) is 0.190. The van der Waals surface area contributed by atoms with Crippen molar-refractivity contribution in [3.63, 3.8) is 0 Å². The monoisotopic (exact) mass is 362 g/mol. The number of hydrogen-bond donors (Lipinski definition) is 2. The number of anilines is 2. The van der Waals surface area contributed by atoms with Gasteiger partial charge in [0.15, 0.2) is 11.5 Å². The lowest BCUT2D eigenvalue weighted by molar-refractivity contribution is 0.0689. The molecule has 0 unspecified atom stereocenters. The first-order valence-corrected chi connectivity index (χ1v) is 8.85. The first kappa shape index (κ1) is 18.4. The highest BCUT2D eigenvalue weighted by Crippen LogP contribution is 2.21. The molecule has 6 nitrogen and oxygen atoms in total. The van der Waals surface area contributed by atoms with Gasteiger partial charge in [0.25, 0.3) is 0 Å². The first-order chi connectivity index (χ1) is 13.2. The number of nitrogens with one attached hydrogen (secondary N) is 1. The molecule has 0 bridgehead atoms. The van der Waals surface area contributed by atoms with Crippen molar-refractivity contribution in [3.8, 4) is 0 Å². The normalized spacial score (nSPS) is 10.4. The number of aromatic nitrogens is 2. The van der Waals surface area contributed by atoms with Gasteiger partial charge in [-0.25, -0.2) is 4.79 Å². The molecule has 0 fully saturated rings. The van der Waals surface area contributed by atoms with Crippen molar-refractivity contribution in [1.82, 2.24) is 10.2 Å². The van der Waals surface area contributed by atoms with Gasteiger partial charge in [0.2, 0.25) is 0 Å². The molecule has 2 aromatic carbocycles. The van der Waals surface area contributed by atoms with E-state index in [0.29, 0.717) is 12.4 Å². The topological polar surface area (TPSA) is 78.4 Å². The van der Waals surface area contributed by atoms with Crippen LogP contribution < -0.4 is 10.2 Å². The lowest BCUT2D eigenvalue weighted by Gasteiger charge is -2.23. The summed E-state index contributed by atoms with van der Waals surface area (Å²) in [6.45, 7) is 4.16. The van der Waals surface area contributed by atoms with Gasteiger partial charge in [-0.15, -0.1) is 10.2 Å². The number of carbonyl (C=O) groups is 1. The molecule has 0 aliphatic carbocycles. The number of hydrogen-bond acceptors (Lipinski definition) is 5. The number of carboxylic acids is 1. The molecular formula is C21H22N4O2. The Morgan fingerprint density at radius 2 is 1.74 bits per heavy atom. The van der Waals surface area contributed by atoms with Gasteiger partial charge in [-0.2, -0.15) is 0 Å². The summed E-state index contributed by atoms with van der Waals surface area (Å²) < 4.78 is 0. The minimum Gasteiger partial charge on any atom is -0.476 e. The number of rotatable bonds is 8. The van der Waals surface area contributed by atoms with Crippen molar-refractivity contribution in [2.45, 2.75) is 20.0 Å². The zero-order valence-electron chi connectivity index (χ0n) is 15.2. The molecule has 0 atom stereocenters. The van der Waals surface area contributed by atoms with Crippen molar-refractivity contribution in [1.29, 1.82) is 0 Å². The van der Waals surface area contributed by atoms with Crippen LogP contribution in [0, 0.1) is 0 Å². The number of para-hydroxylation sites is 1. The number of aromatic carboxylic acids is 1. The highest BCUT2D eigenvalue weighted by Gasteiger charge is 2.12. The molecule has 0 saturated heterocycles. The summed E-state index contributed by atoms with van der Waals surface area (Å²) in [6, 6.07) is 21.6. The second-order valence-corrected chi connectivity index (χ2v) is 6.09. The molecule has 3 rings (SSSR count). The summed E-state index contributed by atoms with van der Waals surface area (Å²) in [4.78, 5) is 13.0. The zero-order valence-corrected chi connectivity index (χ0v) is 15.2. The SMILES string of the molecule is CCN(Cc1ccccc1NCc1ccccc1)c1ccc(C(=O)O)nn1. The minimum absolute atomic E-state index is 0.0558. The van der Waals surface area contributed by atoms with Crippen molar-refractivity contribution < 1.29 is 9.90 Å². The van der Waals surface area contributed by atoms with E-state index in [4.69, 9.17) is 5.11 Å². The Hall–Kier alpha value is -3.41. The number of nitrogens with zero attached hydrogens (tertiary/aromatic N) is 3. The Labute approximate surface area is 158 Å². The van der Waals surface area contributed by atoms with Crippen LogP contribution in [-0.4, -0.2) is 27.8 Å². The van der Waals surface area contributed by atoms with Gasteiger partial charge in [-0.1, -0.05) is 48.5 Å². The largest absolute Gasteiger partial charge is 0.476 e. The Morgan fingerprint density at radius 1 is 1.00 bits per heavy atom. The second kappa shape index (κ2) is 8.80. The average Bonchev–Trinajstić information content (AvgIpc) is 2.72. The quantitative estimate of drug-likeness (QED) is 0.634. The highest BCUT2D eigenvalue weighted by molar-refractivity contribution is 5.85. The van der Waals surface area contributed by atoms with Crippen LogP contribution in [0.2, 0.25) is 0 Å². The lowest BCUT2D eigenvalue weighted by atomic mass is 10.1. The lowest BCUT2D eigenvalue weighted by Crippen LogP contribution is -2.24. The van der Waals surface area contributed by atoms with Gasteiger partial charge < -0.3 is 15.3 Å². The standard InChI is InChI=1S/C21H22N4O2/c1-2-25(20-13-12-19(21(26)27)23-24-20)15-17-10-6-7-11-18(17)22-14-16-8-4-3-5-9-16/h3-13,22H,2,14-15H2,1H3,(H,26,27). The van der Waals surface area contributed by atoms with Crippen LogP contribution in [0.5, 0.6) is 0 Å². The van der Waals surface area contributed by atoms with Crippen LogP contribution in [0.25, 0.3) is 0 Å². The van der Waals surface area contributed by atoms with Crippen LogP contribution in [0.3, 0.4) is 0 Å². The van der Waals surface area contributed by atoms with Gasteiger partial charge in [-0.3, -0.25) is 0 Å². The molecule has 2 N–H and O–H groups in total. The molecule has 1 aromatic heterocycles. The van der Waals surface area contributed by atoms with Gasteiger partial charge in [0.05, 0.1) is 0 Å². The Morgan fingerprint density at radius 3 is 2.41 bits per heavy atom. The van der Waals surface area contributed by atoms with Crippen molar-refractivity contribution >= 4 is 17.5 Å². The van der Waals surface area contributed by atoms with E-state index in [1.54, 1.807) is 6.07 Å². The Kier molecular flexibility index (Phi) is 5.99. The molecule has 0 spiro atoms. The van der Waals surface area contributed by atoms with E-state index in [9.17, 15) is 4.79 Å². The summed E-state index contributed by atoms with van der Waals surface area (Å²) in [5.41, 5.74) is 3.36. The van der Waals surface area contributed by atoms with Crippen molar-refractivity contribution in [2.24, 2.45) is 0 Å². The molecule has 0 radical (unpaired) electrons. The molecule has 0 amide bonds. The van der Waals surface area contributed by atoms with E-state index in [0.717, 1.165) is 24.3 Å². The third-order valence-electron chi connectivity index (χ3n) is 4.28. The van der Waals surface area contributed by atoms with E-state index < -0.39 is 5.97 Å². The molecule has 27 heavy (non-hydrogen) atoms. The maximum absolute atomic E-state index is 11.0. The summed E-state index contributed by atoms with van der Waals surface area (Å²) in [7, 11) is 0. The molecule has 0 aliphatic rings. The molecule has 6 heteroatoms. The summed E-state index contributed by atoms with van der Waals surface area (Å²) >= 11 is 0. The fourth-order valence-electron chi connectivity index (χ4n) is 2.79. The van der Waals surface area contributed by atoms with Gasteiger partial charge in [0, 0.05) is 25.3 Å². The smallest absolute Gasteiger partial charge is 0.356 e. The second-order valence-electron chi connectivity index (χ2n) is 6.09. The van der Waals surface area contributed by atoms with Crippen LogP contribution in [0.1, 0.15) is 28.5 Å². The Bertz CT molecular complexity index is 882. The zero-order chi connectivity index (χ0) is 19.1. The predicted molar refractivity (Wildman–Crippen MR) is 106 cm³/mol. The molecule has 1 heterocycles. The molecule has 3 aromatic rings. The van der Waals surface area contributed by atoms with Gasteiger partial charge in [0.1, 0.15) is 0 Å². The highest BCUT2D eigenvalue weighted by atomic mass is 16.4. The number of benzene rings is 2. The van der Waals surface area contributed by atoms with Crippen LogP contribution in [0.15, 0.2) is 66.7 Å². The summed E-state index contributed by atoms with van der Waals surface area (Å²) in [5.74, 6) is -0.423. The van der Waals surface area contributed by atoms with Crippen LogP contribution in [0.4, 0.5) is 11.5 Å². The van der Waals surface area contributed by atoms with Crippen molar-refractivity contribution in [2.75, 3.05) is 16.8 Å². The fourth-order valence-corrected chi connectivity index (χ4v) is 2.79. The van der Waals surface area contributed by atoms with E-state index in [1.807, 2.05) is 37.3 Å². The third kappa shape index (κ3) is 4.82. The Balaban J connectivity index is 1.74. The predicted octanol–water partition coefficient (Wildman–Crippen LogP) is 3.81. The maximum Gasteiger partial charge on any atom is 0.356 e. The average molecular weight is 362 g/mol. The summed E-state index contributed by atoms with van der Waals surface area (Å²) in [5, 5.41) is 20.3. The van der Waals surface area contributed by atoms with E-state index in [-0.39, 0.29) is 5.69 Å². The summed E-state index contributed by atoms with van der Waals surface area (Å²) in [6.07, 6.45) is 0. The van der Waals surface area contributed by atoms with Gasteiger partial charge >= 0.3 is 5.97 Å². The first-order valence-electron chi connectivity index (χ1n) is 8.85. The maximum atomic E-state index is 11.0. The van der Waals surface area contributed by atoms with Crippen molar-refractivity contribution in [3.05, 3.63) is 83.6 Å². The molecular weight excluding hydrogens is 340 g/mol. The minimum atomic E-state index is -1.08. The molecule has 138 valence electrons. The van der Waals surface area contributed by atoms with E-state index in [2.05, 4.69) is 44.7 Å². The van der Waals surface area contributed by atoms with Crippen LogP contribution >= 0.6 is 0 Å². The molecule has 0 aliphatic heterocycles. The van der Waals surface area contributed by atoms with E-state index >= 15 is 0 Å². The number of carboxylic acid groups (broad SMARTS) is 1. The van der Waals surface area contributed by atoms with Crippen LogP contribution in [-0.2, 0) is 13.1 Å². The third-order valence-corrected chi connectivity index (χ3v) is 4.28. The molecule has 0 saturated carbocycles.